The largest absolute Gasteiger partial charge is 0.472 e. The highest BCUT2D eigenvalue weighted by Gasteiger charge is 2.21. The van der Waals surface area contributed by atoms with Gasteiger partial charge in [-0.05, 0) is 25.8 Å². The first-order valence-electron chi connectivity index (χ1n) is 6.68. The molecule has 0 aromatic carbocycles. The molecule has 0 fully saturated rings. The molecule has 0 saturated carbocycles. The minimum Gasteiger partial charge on any atom is -0.330 e. The van der Waals surface area contributed by atoms with E-state index in [4.69, 9.17) is 15.2 Å². The number of hydrogen-bond donors (Lipinski definition) is 3. The predicted octanol–water partition coefficient (Wildman–Crippen LogP) is 1.79. The van der Waals surface area contributed by atoms with E-state index in [0.29, 0.717) is 13.0 Å². The van der Waals surface area contributed by atoms with Crippen LogP contribution in [0.25, 0.3) is 0 Å². The Hall–Kier alpha value is 0.180. The lowest BCUT2D eigenvalue weighted by molar-refractivity contribution is 0.130. The van der Waals surface area contributed by atoms with Crippen LogP contribution in [0.15, 0.2) is 0 Å². The average molecular weight is 349 g/mol. The zero-order valence-electron chi connectivity index (χ0n) is 12.2. The second-order valence-corrected chi connectivity index (χ2v) is 7.19. The topological polar surface area (TPSA) is 138 Å². The van der Waals surface area contributed by atoms with Crippen LogP contribution in [-0.2, 0) is 27.2 Å². The van der Waals surface area contributed by atoms with E-state index in [1.165, 1.54) is 0 Å². The van der Waals surface area contributed by atoms with Gasteiger partial charge < -0.3 is 15.5 Å². The Bertz CT molecular complexity index is 354. The third kappa shape index (κ3) is 13.6. The van der Waals surface area contributed by atoms with E-state index >= 15 is 0 Å². The predicted molar refractivity (Wildman–Crippen MR) is 76.7 cm³/mol. The van der Waals surface area contributed by atoms with Crippen molar-refractivity contribution in [1.29, 1.82) is 0 Å². The molecule has 0 aromatic heterocycles. The van der Waals surface area contributed by atoms with Crippen LogP contribution in [0.1, 0.15) is 32.1 Å². The maximum absolute atomic E-state index is 11.4. The Morgan fingerprint density at radius 2 is 1.29 bits per heavy atom. The first-order chi connectivity index (χ1) is 9.83. The number of rotatable bonds is 14. The van der Waals surface area contributed by atoms with Crippen molar-refractivity contribution in [3.05, 3.63) is 0 Å². The van der Waals surface area contributed by atoms with Crippen molar-refractivity contribution in [2.75, 3.05) is 33.5 Å². The summed E-state index contributed by atoms with van der Waals surface area (Å²) < 4.78 is 40.5. The number of unbranched alkanes of at least 4 members (excludes halogenated alkanes) is 3. The van der Waals surface area contributed by atoms with Crippen molar-refractivity contribution in [3.8, 4) is 0 Å². The molecule has 128 valence electrons. The molecule has 0 radical (unpaired) electrons. The van der Waals surface area contributed by atoms with Crippen LogP contribution in [0.3, 0.4) is 0 Å². The fourth-order valence-electron chi connectivity index (χ4n) is 1.29. The summed E-state index contributed by atoms with van der Waals surface area (Å²) in [6.07, 6.45) is 3.54. The van der Waals surface area contributed by atoms with Crippen LogP contribution in [0.2, 0.25) is 0 Å². The lowest BCUT2D eigenvalue weighted by Crippen LogP contribution is -2.02. The molecule has 2 atom stereocenters. The zero-order chi connectivity index (χ0) is 16.2. The van der Waals surface area contributed by atoms with Gasteiger partial charge in [-0.25, -0.2) is 9.13 Å². The molecule has 0 bridgehead atoms. The summed E-state index contributed by atoms with van der Waals surface area (Å²) in [5.74, 6) is 0. The van der Waals surface area contributed by atoms with Crippen LogP contribution < -0.4 is 5.73 Å². The summed E-state index contributed by atoms with van der Waals surface area (Å²) in [7, 11) is -7.05. The first kappa shape index (κ1) is 21.2. The van der Waals surface area contributed by atoms with Crippen molar-refractivity contribution in [2.45, 2.75) is 32.1 Å². The second-order valence-electron chi connectivity index (χ2n) is 4.18. The smallest absolute Gasteiger partial charge is 0.330 e. The minimum absolute atomic E-state index is 0.129. The van der Waals surface area contributed by atoms with E-state index in [2.05, 4.69) is 13.6 Å². The molecule has 4 N–H and O–H groups in total. The summed E-state index contributed by atoms with van der Waals surface area (Å²) in [4.78, 5) is 18.3. The van der Waals surface area contributed by atoms with Crippen molar-refractivity contribution in [2.24, 2.45) is 5.73 Å². The van der Waals surface area contributed by atoms with Crippen molar-refractivity contribution in [3.63, 3.8) is 0 Å². The number of phosphoric ester groups is 2. The van der Waals surface area contributed by atoms with Gasteiger partial charge in [0, 0.05) is 7.11 Å². The highest BCUT2D eigenvalue weighted by Crippen LogP contribution is 2.44. The molecule has 0 rings (SSSR count). The Morgan fingerprint density at radius 1 is 0.810 bits per heavy atom. The van der Waals surface area contributed by atoms with Crippen LogP contribution >= 0.6 is 15.6 Å². The highest BCUT2D eigenvalue weighted by atomic mass is 31.2. The third-order valence-corrected chi connectivity index (χ3v) is 4.37. The van der Waals surface area contributed by atoms with Gasteiger partial charge in [-0.15, -0.1) is 0 Å². The van der Waals surface area contributed by atoms with Gasteiger partial charge in [0.1, 0.15) is 0 Å². The fraction of sp³-hybridized carbons (Fsp3) is 1.00. The van der Waals surface area contributed by atoms with Crippen molar-refractivity contribution < 1.29 is 37.0 Å². The standard InChI is InChI=1S/C10H25NO8P2/c1-16-20(12,13)17-9-6-10-19-21(14,15)18-8-5-3-2-4-7-11/h2-11H2,1H3,(H,12,13)(H,14,15). The SMILES string of the molecule is COP(=O)(O)OCCCOP(=O)(O)OCCCCCCN. The normalized spacial score (nSPS) is 17.3. The summed E-state index contributed by atoms with van der Waals surface area (Å²) in [5, 5.41) is 0. The molecule has 0 saturated heterocycles. The summed E-state index contributed by atoms with van der Waals surface area (Å²) in [5.41, 5.74) is 5.34. The molecule has 0 amide bonds. The molecule has 0 aliphatic heterocycles. The van der Waals surface area contributed by atoms with Crippen LogP contribution in [0, 0.1) is 0 Å². The van der Waals surface area contributed by atoms with E-state index < -0.39 is 15.6 Å². The number of hydrogen-bond acceptors (Lipinski definition) is 7. The van der Waals surface area contributed by atoms with Crippen LogP contribution in [0.4, 0.5) is 0 Å². The van der Waals surface area contributed by atoms with E-state index in [1.54, 1.807) is 0 Å². The Labute approximate surface area is 125 Å². The number of phosphoric acid groups is 2. The first-order valence-corrected chi connectivity index (χ1v) is 9.67. The van der Waals surface area contributed by atoms with Gasteiger partial charge in [0.2, 0.25) is 0 Å². The van der Waals surface area contributed by atoms with Gasteiger partial charge in [0.25, 0.3) is 0 Å². The molecule has 0 spiro atoms. The van der Waals surface area contributed by atoms with E-state index in [0.717, 1.165) is 26.4 Å². The Morgan fingerprint density at radius 3 is 1.81 bits per heavy atom. The lowest BCUT2D eigenvalue weighted by Gasteiger charge is -2.12. The highest BCUT2D eigenvalue weighted by molar-refractivity contribution is 7.47. The molecule has 0 aromatic rings. The maximum atomic E-state index is 11.4. The maximum Gasteiger partial charge on any atom is 0.472 e. The summed E-state index contributed by atoms with van der Waals surface area (Å²) in [6.45, 7) is 0.490. The Balaban J connectivity index is 3.60. The molecule has 21 heavy (non-hydrogen) atoms. The van der Waals surface area contributed by atoms with E-state index in [1.807, 2.05) is 0 Å². The monoisotopic (exact) mass is 349 g/mol. The fourth-order valence-corrected chi connectivity index (χ4v) is 2.55. The number of nitrogens with two attached hydrogens (primary N) is 1. The van der Waals surface area contributed by atoms with Gasteiger partial charge in [-0.2, -0.15) is 0 Å². The van der Waals surface area contributed by atoms with E-state index in [9.17, 15) is 14.0 Å². The van der Waals surface area contributed by atoms with Gasteiger partial charge in [0.15, 0.2) is 0 Å². The van der Waals surface area contributed by atoms with Gasteiger partial charge >= 0.3 is 15.6 Å². The molecule has 9 nitrogen and oxygen atoms in total. The van der Waals surface area contributed by atoms with Crippen LogP contribution in [0.5, 0.6) is 0 Å². The zero-order valence-corrected chi connectivity index (χ0v) is 14.0. The van der Waals surface area contributed by atoms with Gasteiger partial charge in [0.05, 0.1) is 19.8 Å². The Kier molecular flexibility index (Phi) is 11.8. The molecule has 11 heteroatoms. The van der Waals surface area contributed by atoms with Gasteiger partial charge in [-0.3, -0.25) is 18.1 Å². The third-order valence-electron chi connectivity index (χ3n) is 2.38. The summed E-state index contributed by atoms with van der Waals surface area (Å²) >= 11 is 0. The summed E-state index contributed by atoms with van der Waals surface area (Å²) in [6, 6.07) is 0. The van der Waals surface area contributed by atoms with Crippen molar-refractivity contribution >= 4 is 15.6 Å². The molecular weight excluding hydrogens is 324 g/mol. The molecule has 2 unspecified atom stereocenters. The van der Waals surface area contributed by atoms with E-state index in [-0.39, 0.29) is 26.2 Å². The van der Waals surface area contributed by atoms with Crippen molar-refractivity contribution in [1.82, 2.24) is 0 Å². The molecule has 0 aliphatic rings. The van der Waals surface area contributed by atoms with Crippen LogP contribution in [-0.4, -0.2) is 43.3 Å². The quantitative estimate of drug-likeness (QED) is 0.316. The van der Waals surface area contributed by atoms with Gasteiger partial charge in [-0.1, -0.05) is 12.8 Å². The average Bonchev–Trinajstić information content (AvgIpc) is 2.42. The lowest BCUT2D eigenvalue weighted by atomic mass is 10.2. The molecule has 0 heterocycles. The minimum atomic E-state index is -4.08. The molecule has 0 aliphatic carbocycles. The second kappa shape index (κ2) is 11.7. The molecular formula is C10H25NO8P2.